The quantitative estimate of drug-likeness (QED) is 0.791. The Labute approximate surface area is 101 Å². The molecule has 2 atom stereocenters. The molecule has 2 saturated carbocycles. The van der Waals surface area contributed by atoms with Crippen molar-refractivity contribution in [1.29, 1.82) is 0 Å². The van der Waals surface area contributed by atoms with Gasteiger partial charge in [0.05, 0.1) is 5.92 Å². The lowest BCUT2D eigenvalue weighted by molar-refractivity contribution is -0.141. The molecule has 4 heteroatoms. The van der Waals surface area contributed by atoms with Crippen LogP contribution in [-0.2, 0) is 9.59 Å². The molecule has 0 aromatic heterocycles. The zero-order chi connectivity index (χ0) is 12.0. The first-order valence-corrected chi connectivity index (χ1v) is 6.64. The van der Waals surface area contributed by atoms with Crippen LogP contribution in [0.5, 0.6) is 0 Å². The molecule has 2 aliphatic carbocycles. The van der Waals surface area contributed by atoms with Crippen LogP contribution in [0.15, 0.2) is 0 Å². The van der Waals surface area contributed by atoms with Crippen molar-refractivity contribution in [2.24, 2.45) is 17.3 Å². The van der Waals surface area contributed by atoms with E-state index in [9.17, 15) is 9.59 Å². The number of rotatable bonds is 2. The SMILES string of the molecule is O=C(O)C1CCN(C(=O)C2CC23CCCC3)C1. The van der Waals surface area contributed by atoms with Crippen molar-refractivity contribution in [3.63, 3.8) is 0 Å². The molecule has 17 heavy (non-hydrogen) atoms. The van der Waals surface area contributed by atoms with Crippen molar-refractivity contribution in [1.82, 2.24) is 4.90 Å². The Hall–Kier alpha value is -1.06. The van der Waals surface area contributed by atoms with E-state index in [0.717, 1.165) is 6.42 Å². The summed E-state index contributed by atoms with van der Waals surface area (Å²) in [5.74, 6) is -0.642. The predicted molar refractivity (Wildman–Crippen MR) is 61.3 cm³/mol. The second kappa shape index (κ2) is 3.72. The molecule has 2 unspecified atom stereocenters. The largest absolute Gasteiger partial charge is 0.481 e. The van der Waals surface area contributed by atoms with Crippen LogP contribution in [0.3, 0.4) is 0 Å². The predicted octanol–water partition coefficient (Wildman–Crippen LogP) is 1.50. The fraction of sp³-hybridized carbons (Fsp3) is 0.846. The summed E-state index contributed by atoms with van der Waals surface area (Å²) >= 11 is 0. The summed E-state index contributed by atoms with van der Waals surface area (Å²) in [4.78, 5) is 24.9. The summed E-state index contributed by atoms with van der Waals surface area (Å²) in [6, 6.07) is 0. The van der Waals surface area contributed by atoms with Crippen molar-refractivity contribution in [2.45, 2.75) is 38.5 Å². The number of hydrogen-bond donors (Lipinski definition) is 1. The van der Waals surface area contributed by atoms with Crippen LogP contribution in [0.1, 0.15) is 38.5 Å². The van der Waals surface area contributed by atoms with Crippen molar-refractivity contribution in [3.8, 4) is 0 Å². The van der Waals surface area contributed by atoms with E-state index in [4.69, 9.17) is 5.11 Å². The number of nitrogens with zero attached hydrogens (tertiary/aromatic N) is 1. The van der Waals surface area contributed by atoms with Crippen molar-refractivity contribution in [3.05, 3.63) is 0 Å². The van der Waals surface area contributed by atoms with Crippen molar-refractivity contribution in [2.75, 3.05) is 13.1 Å². The van der Waals surface area contributed by atoms with E-state index >= 15 is 0 Å². The van der Waals surface area contributed by atoms with Crippen molar-refractivity contribution >= 4 is 11.9 Å². The summed E-state index contributed by atoms with van der Waals surface area (Å²) in [5.41, 5.74) is 0.332. The van der Waals surface area contributed by atoms with Crippen LogP contribution in [-0.4, -0.2) is 35.0 Å². The molecule has 0 bridgehead atoms. The summed E-state index contributed by atoms with van der Waals surface area (Å²) in [6.07, 6.45) is 6.63. The smallest absolute Gasteiger partial charge is 0.308 e. The van der Waals surface area contributed by atoms with Crippen LogP contribution >= 0.6 is 0 Å². The molecule has 0 radical (unpaired) electrons. The van der Waals surface area contributed by atoms with Gasteiger partial charge in [0.15, 0.2) is 0 Å². The molecule has 3 aliphatic rings. The highest BCUT2D eigenvalue weighted by Gasteiger charge is 2.59. The highest BCUT2D eigenvalue weighted by atomic mass is 16.4. The maximum atomic E-state index is 12.3. The minimum Gasteiger partial charge on any atom is -0.481 e. The summed E-state index contributed by atoms with van der Waals surface area (Å²) in [6.45, 7) is 1.07. The van der Waals surface area contributed by atoms with Gasteiger partial charge >= 0.3 is 5.97 Å². The molecule has 0 aromatic rings. The van der Waals surface area contributed by atoms with Crippen LogP contribution in [0.25, 0.3) is 0 Å². The Balaban J connectivity index is 1.60. The Bertz CT molecular complexity index is 360. The molecule has 94 valence electrons. The number of hydrogen-bond acceptors (Lipinski definition) is 2. The summed E-state index contributed by atoms with van der Waals surface area (Å²) in [5, 5.41) is 8.93. The van der Waals surface area contributed by atoms with E-state index in [0.29, 0.717) is 24.9 Å². The Morgan fingerprint density at radius 2 is 1.94 bits per heavy atom. The number of carboxylic acid groups (broad SMARTS) is 1. The van der Waals surface area contributed by atoms with Gasteiger partial charge in [0.25, 0.3) is 0 Å². The number of aliphatic carboxylic acids is 1. The molecule has 1 saturated heterocycles. The third-order valence-corrected chi connectivity index (χ3v) is 4.94. The van der Waals surface area contributed by atoms with Crippen LogP contribution in [0, 0.1) is 17.3 Å². The molecule has 3 fully saturated rings. The van der Waals surface area contributed by atoms with Crippen LogP contribution < -0.4 is 0 Å². The van der Waals surface area contributed by atoms with Gasteiger partial charge in [0.2, 0.25) is 5.91 Å². The van der Waals surface area contributed by atoms with Gasteiger partial charge in [0.1, 0.15) is 0 Å². The lowest BCUT2D eigenvalue weighted by Crippen LogP contribution is -2.32. The fourth-order valence-electron chi connectivity index (χ4n) is 3.71. The molecule has 4 nitrogen and oxygen atoms in total. The van der Waals surface area contributed by atoms with Crippen LogP contribution in [0.2, 0.25) is 0 Å². The Kier molecular flexibility index (Phi) is 2.42. The molecule has 0 aromatic carbocycles. The van der Waals surface area contributed by atoms with Gasteiger partial charge in [0, 0.05) is 19.0 Å². The van der Waals surface area contributed by atoms with Crippen molar-refractivity contribution < 1.29 is 14.7 Å². The minimum atomic E-state index is -0.758. The highest BCUT2D eigenvalue weighted by Crippen LogP contribution is 2.63. The summed E-state index contributed by atoms with van der Waals surface area (Å²) in [7, 11) is 0. The van der Waals surface area contributed by atoms with E-state index in [1.807, 2.05) is 0 Å². The monoisotopic (exact) mass is 237 g/mol. The third kappa shape index (κ3) is 1.74. The molecule has 3 rings (SSSR count). The first-order valence-electron chi connectivity index (χ1n) is 6.64. The lowest BCUT2D eigenvalue weighted by Gasteiger charge is -2.17. The number of likely N-dealkylation sites (tertiary alicyclic amines) is 1. The van der Waals surface area contributed by atoms with E-state index in [2.05, 4.69) is 0 Å². The normalized spacial score (nSPS) is 34.2. The first-order chi connectivity index (χ1) is 8.12. The third-order valence-electron chi connectivity index (χ3n) is 4.94. The first kappa shape index (κ1) is 11.1. The van der Waals surface area contributed by atoms with Gasteiger partial charge in [-0.05, 0) is 31.1 Å². The Morgan fingerprint density at radius 3 is 2.53 bits per heavy atom. The maximum Gasteiger partial charge on any atom is 0.308 e. The molecule has 1 amide bonds. The second-order valence-electron chi connectivity index (χ2n) is 5.93. The number of carbonyl (C=O) groups excluding carboxylic acids is 1. The van der Waals surface area contributed by atoms with E-state index in [-0.39, 0.29) is 17.7 Å². The summed E-state index contributed by atoms with van der Waals surface area (Å²) < 4.78 is 0. The molecular weight excluding hydrogens is 218 g/mol. The maximum absolute atomic E-state index is 12.3. The average molecular weight is 237 g/mol. The molecule has 1 heterocycles. The van der Waals surface area contributed by atoms with Gasteiger partial charge in [-0.25, -0.2) is 0 Å². The van der Waals surface area contributed by atoms with Crippen LogP contribution in [0.4, 0.5) is 0 Å². The highest BCUT2D eigenvalue weighted by molar-refractivity contribution is 5.84. The fourth-order valence-corrected chi connectivity index (χ4v) is 3.71. The lowest BCUT2D eigenvalue weighted by atomic mass is 10.0. The van der Waals surface area contributed by atoms with E-state index in [1.54, 1.807) is 4.90 Å². The van der Waals surface area contributed by atoms with E-state index in [1.165, 1.54) is 25.7 Å². The number of carbonyl (C=O) groups is 2. The minimum absolute atomic E-state index is 0.220. The van der Waals surface area contributed by atoms with Gasteiger partial charge < -0.3 is 10.0 Å². The Morgan fingerprint density at radius 1 is 1.24 bits per heavy atom. The molecule has 1 N–H and O–H groups in total. The topological polar surface area (TPSA) is 57.6 Å². The van der Waals surface area contributed by atoms with Gasteiger partial charge in [-0.3, -0.25) is 9.59 Å². The number of amides is 1. The van der Waals surface area contributed by atoms with Gasteiger partial charge in [-0.2, -0.15) is 0 Å². The van der Waals surface area contributed by atoms with Gasteiger partial charge in [-0.15, -0.1) is 0 Å². The molecule has 1 aliphatic heterocycles. The van der Waals surface area contributed by atoms with E-state index < -0.39 is 5.97 Å². The average Bonchev–Trinajstić information content (AvgIpc) is 2.72. The zero-order valence-corrected chi connectivity index (χ0v) is 10.0. The molecule has 1 spiro atoms. The standard InChI is InChI=1S/C13H19NO3/c15-11(10-7-13(10)4-1-2-5-13)14-6-3-9(8-14)12(16)17/h9-10H,1-8H2,(H,16,17). The van der Waals surface area contributed by atoms with Gasteiger partial charge in [-0.1, -0.05) is 12.8 Å². The molecular formula is C13H19NO3. The number of carboxylic acids is 1. The zero-order valence-electron chi connectivity index (χ0n) is 10.0. The second-order valence-corrected chi connectivity index (χ2v) is 5.93.